The third-order valence-electron chi connectivity index (χ3n) is 4.20. The van der Waals surface area contributed by atoms with Crippen LogP contribution in [-0.2, 0) is 19.3 Å². The number of phenolic OH excluding ortho intramolecular Hbond substituents is 1. The number of phenols is 1. The predicted molar refractivity (Wildman–Crippen MR) is 77.7 cm³/mol. The Balaban J connectivity index is 2.04. The van der Waals surface area contributed by atoms with Crippen molar-refractivity contribution < 1.29 is 14.6 Å². The highest BCUT2D eigenvalue weighted by molar-refractivity contribution is 5.63. The van der Waals surface area contributed by atoms with Gasteiger partial charge in [-0.25, -0.2) is 0 Å². The second-order valence-corrected chi connectivity index (χ2v) is 5.59. The fourth-order valence-corrected chi connectivity index (χ4v) is 3.23. The standard InChI is InChI=1S/C16H23NO3/c17-8-2-1-5-11-12-6-3-10-20-16(12)14(18)13-7-4-9-19-15(11)13/h18H,1-10,17H2. The lowest BCUT2D eigenvalue weighted by molar-refractivity contribution is 0.253. The molecule has 1 aromatic carbocycles. The Morgan fingerprint density at radius 1 is 0.950 bits per heavy atom. The van der Waals surface area contributed by atoms with Crippen molar-refractivity contribution in [1.29, 1.82) is 0 Å². The van der Waals surface area contributed by atoms with Crippen LogP contribution >= 0.6 is 0 Å². The SMILES string of the molecule is NCCCCc1c2c(c(O)c3c1OCCC3)OCCC2. The first kappa shape index (κ1) is 13.6. The van der Waals surface area contributed by atoms with E-state index in [1.165, 1.54) is 5.56 Å². The van der Waals surface area contributed by atoms with Gasteiger partial charge < -0.3 is 20.3 Å². The second kappa shape index (κ2) is 5.92. The van der Waals surface area contributed by atoms with Gasteiger partial charge in [0.05, 0.1) is 13.2 Å². The number of benzene rings is 1. The van der Waals surface area contributed by atoms with Crippen LogP contribution in [0.15, 0.2) is 0 Å². The van der Waals surface area contributed by atoms with Crippen LogP contribution in [0.4, 0.5) is 0 Å². The minimum atomic E-state index is 0.317. The summed E-state index contributed by atoms with van der Waals surface area (Å²) in [6.45, 7) is 2.16. The Kier molecular flexibility index (Phi) is 4.01. The van der Waals surface area contributed by atoms with Gasteiger partial charge in [0.1, 0.15) is 5.75 Å². The van der Waals surface area contributed by atoms with E-state index < -0.39 is 0 Å². The lowest BCUT2D eigenvalue weighted by atomic mass is 9.89. The van der Waals surface area contributed by atoms with Gasteiger partial charge in [-0.3, -0.25) is 0 Å². The first-order valence-electron chi connectivity index (χ1n) is 7.68. The average molecular weight is 277 g/mol. The third-order valence-corrected chi connectivity index (χ3v) is 4.20. The zero-order valence-corrected chi connectivity index (χ0v) is 11.9. The molecule has 0 spiro atoms. The molecule has 110 valence electrons. The summed E-state index contributed by atoms with van der Waals surface area (Å²) in [6, 6.07) is 0. The first-order chi connectivity index (χ1) is 9.83. The van der Waals surface area contributed by atoms with Crippen LogP contribution in [0.1, 0.15) is 42.4 Å². The average Bonchev–Trinajstić information content (AvgIpc) is 2.51. The molecule has 0 aromatic heterocycles. The van der Waals surface area contributed by atoms with Gasteiger partial charge in [0.25, 0.3) is 0 Å². The maximum Gasteiger partial charge on any atom is 0.164 e. The summed E-state index contributed by atoms with van der Waals surface area (Å²) in [5.41, 5.74) is 8.95. The number of rotatable bonds is 4. The Hall–Kier alpha value is -1.42. The molecule has 4 nitrogen and oxygen atoms in total. The summed E-state index contributed by atoms with van der Waals surface area (Å²) in [7, 11) is 0. The summed E-state index contributed by atoms with van der Waals surface area (Å²) in [6.07, 6.45) is 6.86. The molecular formula is C16H23NO3. The zero-order chi connectivity index (χ0) is 13.9. The highest BCUT2D eigenvalue weighted by Gasteiger charge is 2.28. The molecule has 0 bridgehead atoms. The number of hydrogen-bond acceptors (Lipinski definition) is 4. The summed E-state index contributed by atoms with van der Waals surface area (Å²) in [4.78, 5) is 0. The highest BCUT2D eigenvalue weighted by atomic mass is 16.5. The van der Waals surface area contributed by atoms with Gasteiger partial charge in [-0.05, 0) is 51.5 Å². The molecular weight excluding hydrogens is 254 g/mol. The van der Waals surface area contributed by atoms with E-state index in [-0.39, 0.29) is 0 Å². The molecule has 0 saturated heterocycles. The maximum absolute atomic E-state index is 10.5. The van der Waals surface area contributed by atoms with E-state index in [1.54, 1.807) is 0 Å². The van der Waals surface area contributed by atoms with Crippen LogP contribution in [0.5, 0.6) is 17.2 Å². The van der Waals surface area contributed by atoms with Gasteiger partial charge >= 0.3 is 0 Å². The van der Waals surface area contributed by atoms with Gasteiger partial charge in [0.15, 0.2) is 11.5 Å². The summed E-state index contributed by atoms with van der Waals surface area (Å²) < 4.78 is 11.6. The van der Waals surface area contributed by atoms with E-state index in [4.69, 9.17) is 15.2 Å². The molecule has 4 heteroatoms. The van der Waals surface area contributed by atoms with Crippen molar-refractivity contribution in [3.63, 3.8) is 0 Å². The van der Waals surface area contributed by atoms with Gasteiger partial charge in [-0.2, -0.15) is 0 Å². The molecule has 3 rings (SSSR count). The van der Waals surface area contributed by atoms with E-state index in [0.717, 1.165) is 75.0 Å². The Morgan fingerprint density at radius 3 is 2.40 bits per heavy atom. The Morgan fingerprint density at radius 2 is 1.65 bits per heavy atom. The number of ether oxygens (including phenoxy) is 2. The zero-order valence-electron chi connectivity index (χ0n) is 11.9. The number of hydrogen-bond donors (Lipinski definition) is 2. The van der Waals surface area contributed by atoms with Gasteiger partial charge in [-0.1, -0.05) is 0 Å². The molecule has 0 saturated carbocycles. The largest absolute Gasteiger partial charge is 0.504 e. The molecule has 0 aliphatic carbocycles. The van der Waals surface area contributed by atoms with Crippen molar-refractivity contribution in [2.45, 2.75) is 44.9 Å². The highest BCUT2D eigenvalue weighted by Crippen LogP contribution is 2.47. The van der Waals surface area contributed by atoms with E-state index in [2.05, 4.69) is 0 Å². The summed E-state index contributed by atoms with van der Waals surface area (Å²) in [5, 5.41) is 10.5. The van der Waals surface area contributed by atoms with Crippen LogP contribution in [0.2, 0.25) is 0 Å². The van der Waals surface area contributed by atoms with Gasteiger partial charge in [-0.15, -0.1) is 0 Å². The van der Waals surface area contributed by atoms with Crippen LogP contribution < -0.4 is 15.2 Å². The van der Waals surface area contributed by atoms with Crippen molar-refractivity contribution in [2.75, 3.05) is 19.8 Å². The lowest BCUT2D eigenvalue weighted by Gasteiger charge is -2.28. The number of unbranched alkanes of at least 4 members (excludes halogenated alkanes) is 1. The molecule has 20 heavy (non-hydrogen) atoms. The maximum atomic E-state index is 10.5. The van der Waals surface area contributed by atoms with Gasteiger partial charge in [0.2, 0.25) is 0 Å². The fraction of sp³-hybridized carbons (Fsp3) is 0.625. The molecule has 2 heterocycles. The van der Waals surface area contributed by atoms with E-state index in [0.29, 0.717) is 18.1 Å². The van der Waals surface area contributed by atoms with Crippen molar-refractivity contribution >= 4 is 0 Å². The third kappa shape index (κ3) is 2.33. The second-order valence-electron chi connectivity index (χ2n) is 5.59. The van der Waals surface area contributed by atoms with E-state index in [9.17, 15) is 5.11 Å². The molecule has 0 unspecified atom stereocenters. The minimum Gasteiger partial charge on any atom is -0.504 e. The number of nitrogens with two attached hydrogens (primary N) is 1. The van der Waals surface area contributed by atoms with Crippen LogP contribution in [0.3, 0.4) is 0 Å². The van der Waals surface area contributed by atoms with Crippen LogP contribution in [0, 0.1) is 0 Å². The molecule has 0 fully saturated rings. The molecule has 0 amide bonds. The molecule has 3 N–H and O–H groups in total. The molecule has 0 atom stereocenters. The van der Waals surface area contributed by atoms with Crippen LogP contribution in [0.25, 0.3) is 0 Å². The summed E-state index contributed by atoms with van der Waals surface area (Å²) >= 11 is 0. The van der Waals surface area contributed by atoms with Crippen molar-refractivity contribution in [3.05, 3.63) is 16.7 Å². The van der Waals surface area contributed by atoms with E-state index in [1.807, 2.05) is 0 Å². The quantitative estimate of drug-likeness (QED) is 0.829. The molecule has 2 aliphatic heterocycles. The number of fused-ring (bicyclic) bond motifs is 2. The Bertz CT molecular complexity index is 462. The van der Waals surface area contributed by atoms with Crippen molar-refractivity contribution in [2.24, 2.45) is 5.73 Å². The molecule has 1 aromatic rings. The normalized spacial score (nSPS) is 16.9. The number of aromatic hydroxyl groups is 1. The topological polar surface area (TPSA) is 64.7 Å². The first-order valence-corrected chi connectivity index (χ1v) is 7.68. The predicted octanol–water partition coefficient (Wildman–Crippen LogP) is 2.32. The fourth-order valence-electron chi connectivity index (χ4n) is 3.23. The minimum absolute atomic E-state index is 0.317. The van der Waals surface area contributed by atoms with E-state index >= 15 is 0 Å². The smallest absolute Gasteiger partial charge is 0.164 e. The lowest BCUT2D eigenvalue weighted by Crippen LogP contribution is -2.17. The van der Waals surface area contributed by atoms with Crippen LogP contribution in [-0.4, -0.2) is 24.9 Å². The Labute approximate surface area is 119 Å². The van der Waals surface area contributed by atoms with Crippen molar-refractivity contribution in [1.82, 2.24) is 0 Å². The molecule has 0 radical (unpaired) electrons. The monoisotopic (exact) mass is 277 g/mol. The van der Waals surface area contributed by atoms with Crippen molar-refractivity contribution in [3.8, 4) is 17.2 Å². The van der Waals surface area contributed by atoms with Gasteiger partial charge in [0, 0.05) is 16.7 Å². The summed E-state index contributed by atoms with van der Waals surface area (Å²) in [5.74, 6) is 1.95. The molecule has 2 aliphatic rings.